The number of rotatable bonds is 2. The van der Waals surface area contributed by atoms with Gasteiger partial charge in [-0.15, -0.1) is 0 Å². The molecule has 0 saturated carbocycles. The summed E-state index contributed by atoms with van der Waals surface area (Å²) in [5, 5.41) is 8.60. The lowest BCUT2D eigenvalue weighted by Gasteiger charge is -2.07. The molecule has 1 aromatic heterocycles. The van der Waals surface area contributed by atoms with Gasteiger partial charge in [-0.25, -0.2) is 14.6 Å². The Balaban J connectivity index is 1.48. The van der Waals surface area contributed by atoms with E-state index >= 15 is 0 Å². The van der Waals surface area contributed by atoms with Gasteiger partial charge in [-0.1, -0.05) is 23.5 Å². The molecule has 2 heterocycles. The molecule has 0 saturated heterocycles. The van der Waals surface area contributed by atoms with Gasteiger partial charge in [0.15, 0.2) is 10.8 Å². The van der Waals surface area contributed by atoms with Crippen LogP contribution in [-0.4, -0.2) is 16.9 Å². The van der Waals surface area contributed by atoms with Gasteiger partial charge in [-0.2, -0.15) is 0 Å². The van der Waals surface area contributed by atoms with E-state index in [0.29, 0.717) is 22.9 Å². The van der Waals surface area contributed by atoms with Crippen LogP contribution in [0.2, 0.25) is 0 Å². The zero-order valence-corrected chi connectivity index (χ0v) is 13.6. The lowest BCUT2D eigenvalue weighted by Crippen LogP contribution is -2.19. The van der Waals surface area contributed by atoms with Crippen molar-refractivity contribution < 1.29 is 9.59 Å². The number of carbonyl (C=O) groups is 2. The summed E-state index contributed by atoms with van der Waals surface area (Å²) in [6.45, 7) is 7.03. The number of carbonyl (C=O) groups excluding carboxylic acids is 2. The minimum Gasteiger partial charge on any atom is -0.325 e. The summed E-state index contributed by atoms with van der Waals surface area (Å²) in [4.78, 5) is 31.2. The Morgan fingerprint density at radius 1 is 1.24 bits per heavy atom. The molecule has 1 aliphatic heterocycles. The van der Waals surface area contributed by atoms with Crippen molar-refractivity contribution in [1.29, 1.82) is 0 Å². The molecule has 7 nitrogen and oxygen atoms in total. The Labute approximate surface area is 146 Å². The fourth-order valence-corrected chi connectivity index (χ4v) is 3.48. The highest BCUT2D eigenvalue weighted by molar-refractivity contribution is 7.22. The molecule has 8 heteroatoms. The van der Waals surface area contributed by atoms with Crippen molar-refractivity contribution in [3.05, 3.63) is 53.4 Å². The van der Waals surface area contributed by atoms with E-state index in [9.17, 15) is 9.59 Å². The van der Waals surface area contributed by atoms with Crippen LogP contribution in [0.3, 0.4) is 0 Å². The molecule has 3 aromatic rings. The van der Waals surface area contributed by atoms with Crippen molar-refractivity contribution in [2.75, 3.05) is 16.0 Å². The summed E-state index contributed by atoms with van der Waals surface area (Å²) in [5.74, 6) is -0.0511. The molecule has 0 fully saturated rings. The Morgan fingerprint density at radius 2 is 2.12 bits per heavy atom. The number of hydrogen-bond acceptors (Lipinski definition) is 4. The van der Waals surface area contributed by atoms with Gasteiger partial charge < -0.3 is 10.6 Å². The normalized spacial score (nSPS) is 12.4. The predicted molar refractivity (Wildman–Crippen MR) is 97.3 cm³/mol. The van der Waals surface area contributed by atoms with Gasteiger partial charge in [0.1, 0.15) is 0 Å². The van der Waals surface area contributed by atoms with Crippen LogP contribution in [0.5, 0.6) is 0 Å². The summed E-state index contributed by atoms with van der Waals surface area (Å²) in [6.07, 6.45) is 0.361. The zero-order chi connectivity index (χ0) is 17.4. The largest absolute Gasteiger partial charge is 0.325 e. The average Bonchev–Trinajstić information content (AvgIpc) is 3.14. The number of amides is 3. The smallest absolute Gasteiger partial charge is 0.325 e. The summed E-state index contributed by atoms with van der Waals surface area (Å²) in [7, 11) is 0. The summed E-state index contributed by atoms with van der Waals surface area (Å²) in [5.41, 5.74) is 3.47. The van der Waals surface area contributed by atoms with Gasteiger partial charge in [0.2, 0.25) is 5.91 Å². The SMILES string of the molecule is [C-]#[N+]c1ccc2nc(NC(=O)Nc3ccc4c(c3)NC(=O)C4)sc2c1. The van der Waals surface area contributed by atoms with Crippen LogP contribution < -0.4 is 16.0 Å². The Bertz CT molecular complexity index is 1070. The fourth-order valence-electron chi connectivity index (χ4n) is 2.59. The third kappa shape index (κ3) is 3.00. The van der Waals surface area contributed by atoms with E-state index < -0.39 is 6.03 Å². The molecule has 3 amide bonds. The lowest BCUT2D eigenvalue weighted by atomic mass is 10.1. The van der Waals surface area contributed by atoms with E-state index in [4.69, 9.17) is 6.57 Å². The zero-order valence-electron chi connectivity index (χ0n) is 12.8. The van der Waals surface area contributed by atoms with Crippen LogP contribution in [0.15, 0.2) is 36.4 Å². The van der Waals surface area contributed by atoms with Crippen molar-refractivity contribution in [3.8, 4) is 0 Å². The van der Waals surface area contributed by atoms with Crippen molar-refractivity contribution in [2.45, 2.75) is 6.42 Å². The second kappa shape index (κ2) is 5.89. The Morgan fingerprint density at radius 3 is 2.96 bits per heavy atom. The first kappa shape index (κ1) is 15.1. The highest BCUT2D eigenvalue weighted by Gasteiger charge is 2.18. The molecule has 0 aliphatic carbocycles. The van der Waals surface area contributed by atoms with E-state index in [-0.39, 0.29) is 5.91 Å². The standard InChI is InChI=1S/C17H11N5O2S/c1-18-10-4-5-12-14(8-10)25-17(21-12)22-16(24)19-11-3-2-9-6-15(23)20-13(9)7-11/h2-5,7-8H,6H2,(H,20,23)(H2,19,21,22,24). The molecular formula is C17H11N5O2S. The average molecular weight is 349 g/mol. The van der Waals surface area contributed by atoms with Crippen LogP contribution in [0.1, 0.15) is 5.56 Å². The molecule has 0 spiro atoms. The van der Waals surface area contributed by atoms with Crippen molar-refractivity contribution >= 4 is 55.7 Å². The molecule has 122 valence electrons. The molecule has 0 radical (unpaired) electrons. The maximum absolute atomic E-state index is 12.2. The van der Waals surface area contributed by atoms with E-state index in [2.05, 4.69) is 25.8 Å². The molecule has 4 rings (SSSR count). The monoisotopic (exact) mass is 349 g/mol. The summed E-state index contributed by atoms with van der Waals surface area (Å²) in [6, 6.07) is 10.1. The van der Waals surface area contributed by atoms with Gasteiger partial charge >= 0.3 is 6.03 Å². The van der Waals surface area contributed by atoms with Gasteiger partial charge in [0.05, 0.1) is 18.5 Å². The maximum atomic E-state index is 12.2. The molecule has 0 unspecified atom stereocenters. The van der Waals surface area contributed by atoms with Crippen molar-refractivity contribution in [2.24, 2.45) is 0 Å². The van der Waals surface area contributed by atoms with E-state index in [1.807, 2.05) is 6.07 Å². The maximum Gasteiger partial charge on any atom is 0.325 e. The molecule has 1 aliphatic rings. The van der Waals surface area contributed by atoms with Crippen LogP contribution >= 0.6 is 11.3 Å². The summed E-state index contributed by atoms with van der Waals surface area (Å²) < 4.78 is 0.837. The van der Waals surface area contributed by atoms with E-state index in [1.54, 1.807) is 30.3 Å². The molecular weight excluding hydrogens is 338 g/mol. The van der Waals surface area contributed by atoms with Crippen molar-refractivity contribution in [3.63, 3.8) is 0 Å². The third-order valence-corrected chi connectivity index (χ3v) is 4.65. The van der Waals surface area contributed by atoms with Crippen LogP contribution in [0.25, 0.3) is 15.1 Å². The van der Waals surface area contributed by atoms with Crippen LogP contribution in [0.4, 0.5) is 27.0 Å². The molecule has 2 aromatic carbocycles. The third-order valence-electron chi connectivity index (χ3n) is 3.71. The first-order valence-electron chi connectivity index (χ1n) is 7.39. The van der Waals surface area contributed by atoms with Gasteiger partial charge in [0.25, 0.3) is 0 Å². The number of nitrogens with zero attached hydrogens (tertiary/aromatic N) is 2. The second-order valence-corrected chi connectivity index (χ2v) is 6.49. The number of anilines is 3. The molecule has 0 atom stereocenters. The van der Waals surface area contributed by atoms with Crippen LogP contribution in [-0.2, 0) is 11.2 Å². The highest BCUT2D eigenvalue weighted by atomic mass is 32.1. The summed E-state index contributed by atoms with van der Waals surface area (Å²) >= 11 is 1.30. The van der Waals surface area contributed by atoms with E-state index in [0.717, 1.165) is 21.5 Å². The van der Waals surface area contributed by atoms with Crippen LogP contribution in [0, 0.1) is 6.57 Å². The second-order valence-electron chi connectivity index (χ2n) is 5.46. The number of aromatic nitrogens is 1. The number of fused-ring (bicyclic) bond motifs is 2. The highest BCUT2D eigenvalue weighted by Crippen LogP contribution is 2.30. The van der Waals surface area contributed by atoms with E-state index in [1.165, 1.54) is 11.3 Å². The number of thiazole rings is 1. The first-order chi connectivity index (χ1) is 12.1. The minimum absolute atomic E-state index is 0.0511. The van der Waals surface area contributed by atoms with Gasteiger partial charge in [0, 0.05) is 16.1 Å². The fraction of sp³-hybridized carbons (Fsp3) is 0.0588. The molecule has 3 N–H and O–H groups in total. The lowest BCUT2D eigenvalue weighted by molar-refractivity contribution is -0.115. The number of nitrogens with one attached hydrogen (secondary N) is 3. The minimum atomic E-state index is -0.422. The molecule has 25 heavy (non-hydrogen) atoms. The van der Waals surface area contributed by atoms with Gasteiger partial charge in [-0.05, 0) is 29.8 Å². The number of benzene rings is 2. The quantitative estimate of drug-likeness (QED) is 0.611. The first-order valence-corrected chi connectivity index (χ1v) is 8.21. The molecule has 0 bridgehead atoms. The van der Waals surface area contributed by atoms with Gasteiger partial charge in [-0.3, -0.25) is 10.1 Å². The topological polar surface area (TPSA) is 87.5 Å². The predicted octanol–water partition coefficient (Wildman–Crippen LogP) is 3.99. The number of urea groups is 1. The Hall–Kier alpha value is -3.44. The Kier molecular flexibility index (Phi) is 3.56. The van der Waals surface area contributed by atoms with Crippen molar-refractivity contribution in [1.82, 2.24) is 4.98 Å². The number of hydrogen-bond donors (Lipinski definition) is 3.